The number of likely N-dealkylation sites (tertiary alicyclic amines) is 1. The van der Waals surface area contributed by atoms with Gasteiger partial charge in [0.05, 0.1) is 6.04 Å². The van der Waals surface area contributed by atoms with Gasteiger partial charge in [-0.3, -0.25) is 4.90 Å². The first-order valence-electron chi connectivity index (χ1n) is 7.90. The van der Waals surface area contributed by atoms with Gasteiger partial charge < -0.3 is 9.84 Å². The van der Waals surface area contributed by atoms with Crippen LogP contribution in [0, 0.1) is 17.5 Å². The van der Waals surface area contributed by atoms with E-state index in [0.717, 1.165) is 12.1 Å². The van der Waals surface area contributed by atoms with Gasteiger partial charge in [0.15, 0.2) is 17.5 Å². The number of hydrogen-bond donors (Lipinski definition) is 1. The van der Waals surface area contributed by atoms with Crippen LogP contribution in [0.3, 0.4) is 0 Å². The second-order valence-electron chi connectivity index (χ2n) is 6.95. The third-order valence-electron chi connectivity index (χ3n) is 3.96. The molecule has 1 N–H and O–H groups in total. The van der Waals surface area contributed by atoms with Crippen molar-refractivity contribution in [2.75, 3.05) is 6.61 Å². The highest BCUT2D eigenvalue weighted by molar-refractivity contribution is 5.70. The Kier molecular flexibility index (Phi) is 5.42. The fraction of sp³-hybridized carbons (Fsp3) is 0.588. The molecule has 2 rings (SSSR count). The van der Waals surface area contributed by atoms with Crippen LogP contribution < -0.4 is 0 Å². The molecule has 0 saturated carbocycles. The number of rotatable bonds is 3. The second kappa shape index (κ2) is 7.01. The van der Waals surface area contributed by atoms with Crippen molar-refractivity contribution in [1.29, 1.82) is 0 Å². The Morgan fingerprint density at radius 3 is 2.33 bits per heavy atom. The number of halogens is 3. The zero-order chi connectivity index (χ0) is 18.1. The molecule has 1 fully saturated rings. The van der Waals surface area contributed by atoms with Crippen molar-refractivity contribution in [3.8, 4) is 0 Å². The number of amides is 1. The number of benzene rings is 1. The molecule has 4 nitrogen and oxygen atoms in total. The van der Waals surface area contributed by atoms with Crippen LogP contribution in [-0.2, 0) is 4.74 Å². The van der Waals surface area contributed by atoms with Gasteiger partial charge in [-0.2, -0.15) is 0 Å². The van der Waals surface area contributed by atoms with Gasteiger partial charge in [0, 0.05) is 12.6 Å². The molecule has 0 radical (unpaired) electrons. The summed E-state index contributed by atoms with van der Waals surface area (Å²) < 4.78 is 45.7. The van der Waals surface area contributed by atoms with Crippen LogP contribution >= 0.6 is 0 Å². The predicted octanol–water partition coefficient (Wildman–Crippen LogP) is 3.93. The van der Waals surface area contributed by atoms with Crippen molar-refractivity contribution in [1.82, 2.24) is 4.90 Å². The number of carbonyl (C=O) groups is 1. The molecule has 1 amide bonds. The van der Waals surface area contributed by atoms with Gasteiger partial charge in [-0.25, -0.2) is 18.0 Å². The third-order valence-corrected chi connectivity index (χ3v) is 3.96. The first kappa shape index (κ1) is 18.6. The Balaban J connectivity index is 2.35. The summed E-state index contributed by atoms with van der Waals surface area (Å²) in [7, 11) is 0. The van der Waals surface area contributed by atoms with E-state index in [4.69, 9.17) is 4.74 Å². The zero-order valence-corrected chi connectivity index (χ0v) is 14.0. The smallest absolute Gasteiger partial charge is 0.411 e. The van der Waals surface area contributed by atoms with Crippen LogP contribution in [0.25, 0.3) is 0 Å². The SMILES string of the molecule is CC(C)(C)OC(=O)N1C(CCO)CCC1c1cc(F)c(F)c(F)c1. The monoisotopic (exact) mass is 345 g/mol. The van der Waals surface area contributed by atoms with E-state index in [0.29, 0.717) is 19.3 Å². The normalized spacial score (nSPS) is 21.2. The molecule has 1 aromatic carbocycles. The summed E-state index contributed by atoms with van der Waals surface area (Å²) in [5.74, 6) is -4.12. The largest absolute Gasteiger partial charge is 0.444 e. The maximum absolute atomic E-state index is 13.5. The first-order valence-corrected chi connectivity index (χ1v) is 7.90. The topological polar surface area (TPSA) is 49.8 Å². The molecule has 2 unspecified atom stereocenters. The molecule has 0 bridgehead atoms. The number of aliphatic hydroxyl groups excluding tert-OH is 1. The van der Waals surface area contributed by atoms with Crippen molar-refractivity contribution >= 4 is 6.09 Å². The number of hydrogen-bond acceptors (Lipinski definition) is 3. The fourth-order valence-electron chi connectivity index (χ4n) is 3.00. The maximum Gasteiger partial charge on any atom is 0.411 e. The highest BCUT2D eigenvalue weighted by Gasteiger charge is 2.40. The highest BCUT2D eigenvalue weighted by atomic mass is 19.2. The van der Waals surface area contributed by atoms with Gasteiger partial charge in [-0.1, -0.05) is 0 Å². The molecule has 0 aliphatic carbocycles. The molecule has 1 aromatic rings. The van der Waals surface area contributed by atoms with E-state index in [1.54, 1.807) is 20.8 Å². The molecule has 134 valence electrons. The summed E-state index contributed by atoms with van der Waals surface area (Å²) in [4.78, 5) is 13.9. The summed E-state index contributed by atoms with van der Waals surface area (Å²) >= 11 is 0. The lowest BCUT2D eigenvalue weighted by molar-refractivity contribution is 0.0123. The summed E-state index contributed by atoms with van der Waals surface area (Å²) in [5, 5.41) is 9.19. The Morgan fingerprint density at radius 2 is 1.83 bits per heavy atom. The zero-order valence-electron chi connectivity index (χ0n) is 14.0. The summed E-state index contributed by atoms with van der Waals surface area (Å²) in [6.07, 6.45) is 0.732. The number of nitrogens with zero attached hydrogens (tertiary/aromatic N) is 1. The van der Waals surface area contributed by atoms with Crippen LogP contribution in [0.4, 0.5) is 18.0 Å². The van der Waals surface area contributed by atoms with Crippen molar-refractivity contribution in [2.45, 2.75) is 57.7 Å². The molecule has 1 aliphatic heterocycles. The molecule has 7 heteroatoms. The average molecular weight is 345 g/mol. The Bertz CT molecular complexity index is 593. The highest BCUT2D eigenvalue weighted by Crippen LogP contribution is 2.39. The Labute approximate surface area is 139 Å². The molecule has 1 saturated heterocycles. The van der Waals surface area contributed by atoms with E-state index in [-0.39, 0.29) is 18.2 Å². The van der Waals surface area contributed by atoms with Crippen molar-refractivity contribution in [2.24, 2.45) is 0 Å². The predicted molar refractivity (Wildman–Crippen MR) is 81.9 cm³/mol. The molecule has 0 spiro atoms. The van der Waals surface area contributed by atoms with Gasteiger partial charge in [-0.05, 0) is 57.7 Å². The lowest BCUT2D eigenvalue weighted by Crippen LogP contribution is -2.41. The van der Waals surface area contributed by atoms with Crippen LogP contribution in [0.5, 0.6) is 0 Å². The van der Waals surface area contributed by atoms with E-state index in [9.17, 15) is 23.1 Å². The molecular weight excluding hydrogens is 323 g/mol. The summed E-state index contributed by atoms with van der Waals surface area (Å²) in [6.45, 7) is 5.03. The second-order valence-corrected chi connectivity index (χ2v) is 6.95. The lowest BCUT2D eigenvalue weighted by atomic mass is 10.0. The van der Waals surface area contributed by atoms with Crippen LogP contribution in [-0.4, -0.2) is 34.3 Å². The Morgan fingerprint density at radius 1 is 1.25 bits per heavy atom. The standard InChI is InChI=1S/C17H22F3NO3/c1-17(2,3)24-16(23)21-11(6-7-22)4-5-14(21)10-8-12(18)15(20)13(19)9-10/h8-9,11,14,22H,4-7H2,1-3H3. The van der Waals surface area contributed by atoms with Crippen molar-refractivity contribution in [3.05, 3.63) is 35.1 Å². The number of aliphatic hydroxyl groups is 1. The van der Waals surface area contributed by atoms with E-state index in [2.05, 4.69) is 0 Å². The molecule has 1 heterocycles. The van der Waals surface area contributed by atoms with Crippen LogP contribution in [0.1, 0.15) is 51.6 Å². The number of carbonyl (C=O) groups excluding carboxylic acids is 1. The minimum absolute atomic E-state index is 0.122. The minimum atomic E-state index is -1.53. The lowest BCUT2D eigenvalue weighted by Gasteiger charge is -2.32. The fourth-order valence-corrected chi connectivity index (χ4v) is 3.00. The van der Waals surface area contributed by atoms with Gasteiger partial charge in [0.1, 0.15) is 5.60 Å². The van der Waals surface area contributed by atoms with Gasteiger partial charge in [0.25, 0.3) is 0 Å². The third kappa shape index (κ3) is 4.01. The number of ether oxygens (including phenoxy) is 1. The molecule has 0 aromatic heterocycles. The quantitative estimate of drug-likeness (QED) is 0.845. The maximum atomic E-state index is 13.5. The summed E-state index contributed by atoms with van der Waals surface area (Å²) in [6, 6.07) is 0.885. The van der Waals surface area contributed by atoms with E-state index in [1.807, 2.05) is 0 Å². The van der Waals surface area contributed by atoms with Crippen LogP contribution in [0.15, 0.2) is 12.1 Å². The van der Waals surface area contributed by atoms with Gasteiger partial charge >= 0.3 is 6.09 Å². The van der Waals surface area contributed by atoms with Crippen LogP contribution in [0.2, 0.25) is 0 Å². The first-order chi connectivity index (χ1) is 11.1. The summed E-state index contributed by atoms with van der Waals surface area (Å²) in [5.41, 5.74) is -0.550. The molecular formula is C17H22F3NO3. The van der Waals surface area contributed by atoms with Crippen molar-refractivity contribution < 1.29 is 27.8 Å². The molecule has 2 atom stereocenters. The molecule has 24 heavy (non-hydrogen) atoms. The molecule has 1 aliphatic rings. The minimum Gasteiger partial charge on any atom is -0.444 e. The average Bonchev–Trinajstić information content (AvgIpc) is 2.86. The van der Waals surface area contributed by atoms with Gasteiger partial charge in [0.2, 0.25) is 0 Å². The van der Waals surface area contributed by atoms with E-state index >= 15 is 0 Å². The van der Waals surface area contributed by atoms with Gasteiger partial charge in [-0.15, -0.1) is 0 Å². The van der Waals surface area contributed by atoms with Crippen molar-refractivity contribution in [3.63, 3.8) is 0 Å². The van der Waals surface area contributed by atoms with E-state index in [1.165, 1.54) is 4.90 Å². The van der Waals surface area contributed by atoms with E-state index < -0.39 is 35.2 Å². The Hall–Kier alpha value is -1.76.